The minimum Gasteiger partial charge on any atom is -0.207 e. The van der Waals surface area contributed by atoms with Crippen LogP contribution in [-0.2, 0) is 16.8 Å². The van der Waals surface area contributed by atoms with Crippen LogP contribution >= 0.6 is 0 Å². The van der Waals surface area contributed by atoms with Gasteiger partial charge < -0.3 is 0 Å². The van der Waals surface area contributed by atoms with Crippen LogP contribution < -0.4 is 4.72 Å². The normalized spacial score (nSPS) is 11.8. The van der Waals surface area contributed by atoms with Gasteiger partial charge in [0.05, 0.1) is 11.6 Å². The predicted molar refractivity (Wildman–Crippen MR) is 69.8 cm³/mol. The van der Waals surface area contributed by atoms with Crippen molar-refractivity contribution in [3.63, 3.8) is 0 Å². The number of nitriles is 1. The molecule has 5 nitrogen and oxygen atoms in total. The Morgan fingerprint density at radius 1 is 1.47 bits per heavy atom. The van der Waals surface area contributed by atoms with E-state index in [4.69, 9.17) is 5.26 Å². The number of halogens is 1. The van der Waals surface area contributed by atoms with Crippen LogP contribution in [0.4, 0.5) is 4.39 Å². The lowest BCUT2D eigenvalue weighted by Gasteiger charge is -2.21. The van der Waals surface area contributed by atoms with Crippen molar-refractivity contribution in [2.75, 3.05) is 7.05 Å². The van der Waals surface area contributed by atoms with Crippen molar-refractivity contribution < 1.29 is 12.8 Å². The van der Waals surface area contributed by atoms with Crippen molar-refractivity contribution in [2.45, 2.75) is 26.4 Å². The summed E-state index contributed by atoms with van der Waals surface area (Å²) >= 11 is 0. The standard InChI is InChI=1S/C12H16FN3O2S/c1-9(2)16(3)19(17,18)15-8-11-5-4-10(7-14)6-12(11)13/h4-6,9,15H,8H2,1-3H3. The van der Waals surface area contributed by atoms with Crippen molar-refractivity contribution in [3.05, 3.63) is 35.1 Å². The highest BCUT2D eigenvalue weighted by Gasteiger charge is 2.20. The van der Waals surface area contributed by atoms with Crippen LogP contribution in [-0.4, -0.2) is 25.8 Å². The summed E-state index contributed by atoms with van der Waals surface area (Å²) in [6.45, 7) is 3.32. The highest BCUT2D eigenvalue weighted by atomic mass is 32.2. The van der Waals surface area contributed by atoms with Gasteiger partial charge >= 0.3 is 0 Å². The number of rotatable bonds is 5. The zero-order valence-electron chi connectivity index (χ0n) is 11.0. The van der Waals surface area contributed by atoms with Gasteiger partial charge in [0.25, 0.3) is 10.2 Å². The van der Waals surface area contributed by atoms with Gasteiger partial charge in [-0.05, 0) is 26.0 Å². The lowest BCUT2D eigenvalue weighted by atomic mass is 10.1. The molecule has 0 radical (unpaired) electrons. The van der Waals surface area contributed by atoms with Crippen LogP contribution in [0.1, 0.15) is 25.0 Å². The number of nitrogens with zero attached hydrogens (tertiary/aromatic N) is 2. The van der Waals surface area contributed by atoms with Crippen LogP contribution in [0, 0.1) is 17.1 Å². The molecular weight excluding hydrogens is 269 g/mol. The molecule has 104 valence electrons. The Bertz CT molecular complexity index is 593. The first kappa shape index (κ1) is 15.6. The minimum atomic E-state index is -3.64. The molecule has 0 unspecified atom stereocenters. The van der Waals surface area contributed by atoms with Crippen LogP contribution in [0.5, 0.6) is 0 Å². The van der Waals surface area contributed by atoms with E-state index in [0.717, 1.165) is 10.4 Å². The molecule has 1 N–H and O–H groups in total. The maximum Gasteiger partial charge on any atom is 0.279 e. The molecule has 0 saturated carbocycles. The zero-order chi connectivity index (χ0) is 14.6. The van der Waals surface area contributed by atoms with Gasteiger partial charge in [-0.2, -0.15) is 22.7 Å². The smallest absolute Gasteiger partial charge is 0.207 e. The molecule has 0 atom stereocenters. The van der Waals surface area contributed by atoms with Gasteiger partial charge in [0.1, 0.15) is 5.82 Å². The van der Waals surface area contributed by atoms with E-state index >= 15 is 0 Å². The Kier molecular flexibility index (Phi) is 5.00. The van der Waals surface area contributed by atoms with E-state index in [1.165, 1.54) is 19.2 Å². The summed E-state index contributed by atoms with van der Waals surface area (Å²) in [5.74, 6) is -0.603. The highest BCUT2D eigenvalue weighted by molar-refractivity contribution is 7.87. The molecule has 0 heterocycles. The number of nitrogens with one attached hydrogen (secondary N) is 1. The predicted octanol–water partition coefficient (Wildman–Crippen LogP) is 1.37. The third-order valence-electron chi connectivity index (χ3n) is 2.73. The molecular formula is C12H16FN3O2S. The Hall–Kier alpha value is -1.49. The molecule has 0 aliphatic carbocycles. The lowest BCUT2D eigenvalue weighted by molar-refractivity contribution is 0.402. The molecule has 0 bridgehead atoms. The summed E-state index contributed by atoms with van der Waals surface area (Å²) in [5.41, 5.74) is 0.392. The molecule has 0 amide bonds. The Balaban J connectivity index is 2.81. The molecule has 1 aromatic rings. The summed E-state index contributed by atoms with van der Waals surface area (Å²) in [4.78, 5) is 0. The monoisotopic (exact) mass is 285 g/mol. The first-order chi connectivity index (χ1) is 8.77. The maximum atomic E-state index is 13.6. The molecule has 1 aromatic carbocycles. The van der Waals surface area contributed by atoms with Gasteiger partial charge in [0, 0.05) is 25.2 Å². The lowest BCUT2D eigenvalue weighted by Crippen LogP contribution is -2.41. The van der Waals surface area contributed by atoms with E-state index < -0.39 is 16.0 Å². The average Bonchev–Trinajstić information content (AvgIpc) is 2.36. The van der Waals surface area contributed by atoms with Crippen LogP contribution in [0.3, 0.4) is 0 Å². The second-order valence-electron chi connectivity index (χ2n) is 4.35. The first-order valence-electron chi connectivity index (χ1n) is 5.69. The molecule has 19 heavy (non-hydrogen) atoms. The number of hydrogen-bond acceptors (Lipinski definition) is 3. The van der Waals surface area contributed by atoms with E-state index in [9.17, 15) is 12.8 Å². The number of hydrogen-bond donors (Lipinski definition) is 1. The van der Waals surface area contributed by atoms with Gasteiger partial charge in [0.15, 0.2) is 0 Å². The fourth-order valence-electron chi connectivity index (χ4n) is 1.31. The van der Waals surface area contributed by atoms with Gasteiger partial charge in [-0.25, -0.2) is 4.39 Å². The number of benzene rings is 1. The molecule has 0 saturated heterocycles. The van der Waals surface area contributed by atoms with Gasteiger partial charge in [-0.1, -0.05) is 6.07 Å². The maximum absolute atomic E-state index is 13.6. The molecule has 0 aliphatic rings. The molecule has 0 aromatic heterocycles. The highest BCUT2D eigenvalue weighted by Crippen LogP contribution is 2.11. The molecule has 1 rings (SSSR count). The summed E-state index contributed by atoms with van der Waals surface area (Å²) in [6, 6.07) is 5.54. The third-order valence-corrected chi connectivity index (χ3v) is 4.42. The third kappa shape index (κ3) is 3.99. The minimum absolute atomic E-state index is 0.156. The largest absolute Gasteiger partial charge is 0.279 e. The molecule has 7 heteroatoms. The Labute approximate surface area is 112 Å². The van der Waals surface area contributed by atoms with E-state index in [0.29, 0.717) is 0 Å². The summed E-state index contributed by atoms with van der Waals surface area (Å²) in [7, 11) is -2.19. The van der Waals surface area contributed by atoms with Crippen LogP contribution in [0.25, 0.3) is 0 Å². The second kappa shape index (κ2) is 6.10. The average molecular weight is 285 g/mol. The fraction of sp³-hybridized carbons (Fsp3) is 0.417. The van der Waals surface area contributed by atoms with Crippen LogP contribution in [0.2, 0.25) is 0 Å². The molecule has 0 aliphatic heterocycles. The van der Waals surface area contributed by atoms with E-state index in [2.05, 4.69) is 4.72 Å². The van der Waals surface area contributed by atoms with Crippen molar-refractivity contribution >= 4 is 10.2 Å². The van der Waals surface area contributed by atoms with Crippen molar-refractivity contribution in [1.82, 2.24) is 9.03 Å². The first-order valence-corrected chi connectivity index (χ1v) is 7.13. The van der Waals surface area contributed by atoms with Crippen molar-refractivity contribution in [3.8, 4) is 6.07 Å². The van der Waals surface area contributed by atoms with Crippen LogP contribution in [0.15, 0.2) is 18.2 Å². The van der Waals surface area contributed by atoms with E-state index in [-0.39, 0.29) is 23.7 Å². The fourth-order valence-corrected chi connectivity index (χ4v) is 2.41. The SMILES string of the molecule is CC(C)N(C)S(=O)(=O)NCc1ccc(C#N)cc1F. The molecule has 0 fully saturated rings. The van der Waals surface area contributed by atoms with Gasteiger partial charge in [-0.3, -0.25) is 0 Å². The van der Waals surface area contributed by atoms with Gasteiger partial charge in [-0.15, -0.1) is 0 Å². The quantitative estimate of drug-likeness (QED) is 0.888. The van der Waals surface area contributed by atoms with E-state index in [1.54, 1.807) is 13.8 Å². The zero-order valence-corrected chi connectivity index (χ0v) is 11.8. The second-order valence-corrected chi connectivity index (χ2v) is 6.17. The Morgan fingerprint density at radius 3 is 2.58 bits per heavy atom. The summed E-state index contributed by atoms with van der Waals surface area (Å²) < 4.78 is 40.7. The van der Waals surface area contributed by atoms with Gasteiger partial charge in [0.2, 0.25) is 0 Å². The van der Waals surface area contributed by atoms with E-state index in [1.807, 2.05) is 6.07 Å². The molecule has 0 spiro atoms. The van der Waals surface area contributed by atoms with Crippen molar-refractivity contribution in [1.29, 1.82) is 5.26 Å². The van der Waals surface area contributed by atoms with Crippen molar-refractivity contribution in [2.24, 2.45) is 0 Å². The Morgan fingerprint density at radius 2 is 2.11 bits per heavy atom. The summed E-state index contributed by atoms with van der Waals surface area (Å²) in [6.07, 6.45) is 0. The summed E-state index contributed by atoms with van der Waals surface area (Å²) in [5, 5.41) is 8.61. The topological polar surface area (TPSA) is 73.2 Å².